The van der Waals surface area contributed by atoms with Gasteiger partial charge < -0.3 is 4.90 Å². The van der Waals surface area contributed by atoms with Crippen molar-refractivity contribution in [3.05, 3.63) is 0 Å². The van der Waals surface area contributed by atoms with Crippen LogP contribution in [0.25, 0.3) is 0 Å². The van der Waals surface area contributed by atoms with Gasteiger partial charge in [0.25, 0.3) is 0 Å². The molecule has 74 valence electrons. The minimum atomic E-state index is -0.747. The lowest BCUT2D eigenvalue weighted by Crippen LogP contribution is -2.39. The fourth-order valence-corrected chi connectivity index (χ4v) is 1.89. The van der Waals surface area contributed by atoms with E-state index in [1.807, 2.05) is 13.8 Å². The van der Waals surface area contributed by atoms with Crippen LogP contribution in [0.2, 0.25) is 0 Å². The molecule has 1 aliphatic rings. The molecule has 0 aromatic rings. The maximum Gasteiger partial charge on any atom is 0.235 e. The fourth-order valence-electron chi connectivity index (χ4n) is 1.89. The number of carbonyl (C=O) groups excluding carboxylic acids is 2. The first kappa shape index (κ1) is 10.2. The Balaban J connectivity index is 2.89. The first-order valence-corrected chi connectivity index (χ1v) is 4.69. The average molecular weight is 183 g/mol. The Kier molecular flexibility index (Phi) is 2.46. The van der Waals surface area contributed by atoms with Crippen LogP contribution >= 0.6 is 0 Å². The van der Waals surface area contributed by atoms with Gasteiger partial charge in [-0.15, -0.1) is 0 Å². The van der Waals surface area contributed by atoms with E-state index in [9.17, 15) is 9.59 Å². The molecule has 0 bridgehead atoms. The minimum Gasteiger partial charge on any atom is -0.345 e. The number of hydrogen-bond acceptors (Lipinski definition) is 2. The Bertz CT molecular complexity index is 247. The Morgan fingerprint density at radius 2 is 2.08 bits per heavy atom. The fraction of sp³-hybridized carbons (Fsp3) is 0.800. The van der Waals surface area contributed by atoms with Crippen molar-refractivity contribution in [2.75, 3.05) is 13.6 Å². The van der Waals surface area contributed by atoms with E-state index in [0.717, 1.165) is 0 Å². The summed E-state index contributed by atoms with van der Waals surface area (Å²) in [5.41, 5.74) is -0.747. The zero-order chi connectivity index (χ0) is 10.2. The molecule has 0 spiro atoms. The first-order chi connectivity index (χ1) is 5.89. The van der Waals surface area contributed by atoms with Crippen LogP contribution in [0.1, 0.15) is 27.2 Å². The van der Waals surface area contributed by atoms with Crippen LogP contribution in [-0.4, -0.2) is 30.2 Å². The van der Waals surface area contributed by atoms with Gasteiger partial charge in [-0.2, -0.15) is 0 Å². The summed E-state index contributed by atoms with van der Waals surface area (Å²) in [6.07, 6.45) is 0.666. The molecule has 1 fully saturated rings. The number of rotatable bonds is 2. The Hall–Kier alpha value is -0.860. The number of likely N-dealkylation sites (tertiary alicyclic amines) is 1. The monoisotopic (exact) mass is 183 g/mol. The second kappa shape index (κ2) is 3.13. The van der Waals surface area contributed by atoms with Crippen LogP contribution in [0.5, 0.6) is 0 Å². The van der Waals surface area contributed by atoms with Gasteiger partial charge in [0.1, 0.15) is 5.41 Å². The summed E-state index contributed by atoms with van der Waals surface area (Å²) in [4.78, 5) is 25.1. The molecule has 3 nitrogen and oxygen atoms in total. The maximum atomic E-state index is 11.8. The summed E-state index contributed by atoms with van der Waals surface area (Å²) in [5.74, 6) is -0.00602. The van der Waals surface area contributed by atoms with Crippen molar-refractivity contribution in [3.63, 3.8) is 0 Å². The molecule has 1 heterocycles. The van der Waals surface area contributed by atoms with E-state index >= 15 is 0 Å². The quantitative estimate of drug-likeness (QED) is 0.601. The van der Waals surface area contributed by atoms with E-state index in [-0.39, 0.29) is 17.6 Å². The van der Waals surface area contributed by atoms with Crippen LogP contribution < -0.4 is 0 Å². The Morgan fingerprint density at radius 1 is 1.54 bits per heavy atom. The van der Waals surface area contributed by atoms with E-state index in [1.54, 1.807) is 18.9 Å². The molecular weight excluding hydrogens is 166 g/mol. The van der Waals surface area contributed by atoms with Crippen molar-refractivity contribution >= 4 is 11.7 Å². The standard InChI is InChI=1S/C10H17NO2/c1-7(2)8(12)10(3)5-6-11(4)9(10)13/h7H,5-6H2,1-4H3/t10-/m1/s1. The number of carbonyl (C=O) groups is 2. The lowest BCUT2D eigenvalue weighted by molar-refractivity contribution is -0.144. The van der Waals surface area contributed by atoms with Gasteiger partial charge in [0.2, 0.25) is 5.91 Å². The van der Waals surface area contributed by atoms with Gasteiger partial charge in [-0.3, -0.25) is 9.59 Å². The van der Waals surface area contributed by atoms with Crippen LogP contribution in [-0.2, 0) is 9.59 Å². The molecule has 1 atom stereocenters. The lowest BCUT2D eigenvalue weighted by Gasteiger charge is -2.22. The number of nitrogens with zero attached hydrogens (tertiary/aromatic N) is 1. The Labute approximate surface area is 79.1 Å². The predicted molar refractivity (Wildman–Crippen MR) is 50.2 cm³/mol. The van der Waals surface area contributed by atoms with E-state index < -0.39 is 5.41 Å². The van der Waals surface area contributed by atoms with Crippen molar-refractivity contribution in [2.45, 2.75) is 27.2 Å². The first-order valence-electron chi connectivity index (χ1n) is 4.69. The third-order valence-electron chi connectivity index (χ3n) is 2.83. The largest absolute Gasteiger partial charge is 0.345 e. The highest BCUT2D eigenvalue weighted by Gasteiger charge is 2.47. The summed E-state index contributed by atoms with van der Waals surface area (Å²) in [5, 5.41) is 0. The molecule has 0 unspecified atom stereocenters. The van der Waals surface area contributed by atoms with Crippen LogP contribution in [0.3, 0.4) is 0 Å². The van der Waals surface area contributed by atoms with Gasteiger partial charge >= 0.3 is 0 Å². The van der Waals surface area contributed by atoms with E-state index in [0.29, 0.717) is 13.0 Å². The highest BCUT2D eigenvalue weighted by atomic mass is 16.2. The summed E-state index contributed by atoms with van der Waals surface area (Å²) < 4.78 is 0. The summed E-state index contributed by atoms with van der Waals surface area (Å²) >= 11 is 0. The maximum absolute atomic E-state index is 11.8. The third-order valence-corrected chi connectivity index (χ3v) is 2.83. The molecule has 3 heteroatoms. The second-order valence-electron chi connectivity index (χ2n) is 4.33. The number of Topliss-reactive ketones (excluding diaryl/α,β-unsaturated/α-hetero) is 1. The van der Waals surface area contributed by atoms with Crippen molar-refractivity contribution in [2.24, 2.45) is 11.3 Å². The number of hydrogen-bond donors (Lipinski definition) is 0. The van der Waals surface area contributed by atoms with Gasteiger partial charge in [0, 0.05) is 19.5 Å². The highest BCUT2D eigenvalue weighted by Crippen LogP contribution is 2.33. The molecular formula is C10H17NO2. The molecule has 0 aromatic carbocycles. The summed E-state index contributed by atoms with van der Waals surface area (Å²) in [6, 6.07) is 0. The van der Waals surface area contributed by atoms with E-state index in [1.165, 1.54) is 0 Å². The van der Waals surface area contributed by atoms with Gasteiger partial charge in [-0.1, -0.05) is 13.8 Å². The van der Waals surface area contributed by atoms with Crippen molar-refractivity contribution in [3.8, 4) is 0 Å². The minimum absolute atomic E-state index is 0.0220. The normalized spacial score (nSPS) is 28.7. The average Bonchev–Trinajstić information content (AvgIpc) is 2.33. The number of ketones is 1. The second-order valence-corrected chi connectivity index (χ2v) is 4.33. The smallest absolute Gasteiger partial charge is 0.235 e. The summed E-state index contributed by atoms with van der Waals surface area (Å²) in [6.45, 7) is 6.16. The highest BCUT2D eigenvalue weighted by molar-refractivity contribution is 6.07. The molecule has 1 rings (SSSR count). The van der Waals surface area contributed by atoms with Crippen LogP contribution in [0.15, 0.2) is 0 Å². The van der Waals surface area contributed by atoms with Gasteiger partial charge in [0.05, 0.1) is 0 Å². The van der Waals surface area contributed by atoms with Gasteiger partial charge in [-0.05, 0) is 13.3 Å². The molecule has 0 N–H and O–H groups in total. The number of amides is 1. The van der Waals surface area contributed by atoms with Crippen LogP contribution in [0, 0.1) is 11.3 Å². The van der Waals surface area contributed by atoms with E-state index in [2.05, 4.69) is 0 Å². The lowest BCUT2D eigenvalue weighted by atomic mass is 9.79. The molecule has 0 aromatic heterocycles. The zero-order valence-corrected chi connectivity index (χ0v) is 8.76. The van der Waals surface area contributed by atoms with Crippen molar-refractivity contribution < 1.29 is 9.59 Å². The molecule has 1 saturated heterocycles. The molecule has 1 aliphatic heterocycles. The molecule has 0 saturated carbocycles. The van der Waals surface area contributed by atoms with Crippen molar-refractivity contribution in [1.29, 1.82) is 0 Å². The van der Waals surface area contributed by atoms with Gasteiger partial charge in [-0.25, -0.2) is 0 Å². The molecule has 0 aliphatic carbocycles. The van der Waals surface area contributed by atoms with Crippen LogP contribution in [0.4, 0.5) is 0 Å². The topological polar surface area (TPSA) is 37.4 Å². The Morgan fingerprint density at radius 3 is 2.38 bits per heavy atom. The molecule has 0 radical (unpaired) electrons. The summed E-state index contributed by atoms with van der Waals surface area (Å²) in [7, 11) is 1.75. The van der Waals surface area contributed by atoms with Crippen molar-refractivity contribution in [1.82, 2.24) is 4.90 Å². The third kappa shape index (κ3) is 1.47. The van der Waals surface area contributed by atoms with Gasteiger partial charge in [0.15, 0.2) is 5.78 Å². The SMILES string of the molecule is CC(C)C(=O)[C@@]1(C)CCN(C)C1=O. The predicted octanol–water partition coefficient (Wildman–Crippen LogP) is 1.08. The van der Waals surface area contributed by atoms with E-state index in [4.69, 9.17) is 0 Å². The molecule has 1 amide bonds. The zero-order valence-electron chi connectivity index (χ0n) is 8.76. The molecule has 13 heavy (non-hydrogen) atoms.